The molecule has 4 unspecified atom stereocenters. The molecule has 2 N–H and O–H groups in total. The van der Waals surface area contributed by atoms with E-state index in [9.17, 15) is 0 Å². The molecule has 0 bridgehead atoms. The Labute approximate surface area is 156 Å². The van der Waals surface area contributed by atoms with E-state index in [1.54, 1.807) is 0 Å². The Hall–Kier alpha value is 0.310. The van der Waals surface area contributed by atoms with Crippen molar-refractivity contribution in [2.75, 3.05) is 26.0 Å². The highest BCUT2D eigenvalue weighted by Gasteiger charge is 2.59. The van der Waals surface area contributed by atoms with Crippen LogP contribution in [-0.2, 0) is 4.74 Å². The van der Waals surface area contributed by atoms with Gasteiger partial charge in [-0.25, -0.2) is 0 Å². The standard InChI is InChI=1S/C16H29N3OS.HI/c1-15(2)12(11-6-8-20-13(11)15)19-14(17-4)18-10-16(3)7-5-9-21-16;/h11-13H,5-10H2,1-4H3,(H2,17,18,19);1H. The maximum atomic E-state index is 5.87. The van der Waals surface area contributed by atoms with Crippen molar-refractivity contribution in [2.45, 2.75) is 56.9 Å². The first kappa shape index (κ1) is 18.6. The first-order chi connectivity index (χ1) is 9.96. The number of nitrogens with one attached hydrogen (secondary N) is 2. The molecule has 1 saturated carbocycles. The maximum absolute atomic E-state index is 5.87. The van der Waals surface area contributed by atoms with Crippen molar-refractivity contribution >= 4 is 41.7 Å². The Bertz CT molecular complexity index is 424. The number of ether oxygens (including phenoxy) is 1. The number of aliphatic imine (C=N–C) groups is 1. The minimum absolute atomic E-state index is 0. The number of hydrogen-bond donors (Lipinski definition) is 2. The van der Waals surface area contributed by atoms with E-state index in [4.69, 9.17) is 4.74 Å². The van der Waals surface area contributed by atoms with Gasteiger partial charge in [-0.3, -0.25) is 4.99 Å². The average molecular weight is 439 g/mol. The normalized spacial score (nSPS) is 39.6. The van der Waals surface area contributed by atoms with E-state index in [1.165, 1.54) is 25.0 Å². The zero-order valence-corrected chi connectivity index (χ0v) is 17.3. The Morgan fingerprint density at radius 2 is 2.14 bits per heavy atom. The third-order valence-electron chi connectivity index (χ3n) is 5.55. The molecular formula is C16H30IN3OS. The summed E-state index contributed by atoms with van der Waals surface area (Å²) >= 11 is 2.09. The van der Waals surface area contributed by atoms with Crippen LogP contribution in [0, 0.1) is 11.3 Å². The molecule has 4 nitrogen and oxygen atoms in total. The lowest BCUT2D eigenvalue weighted by Crippen LogP contribution is -2.68. The second-order valence-corrected chi connectivity index (χ2v) is 9.20. The highest BCUT2D eigenvalue weighted by Crippen LogP contribution is 2.52. The van der Waals surface area contributed by atoms with Gasteiger partial charge in [0, 0.05) is 42.3 Å². The molecule has 3 aliphatic rings. The van der Waals surface area contributed by atoms with Crippen molar-refractivity contribution in [1.82, 2.24) is 10.6 Å². The van der Waals surface area contributed by atoms with Crippen molar-refractivity contribution in [3.63, 3.8) is 0 Å². The Morgan fingerprint density at radius 3 is 2.77 bits per heavy atom. The third-order valence-corrected chi connectivity index (χ3v) is 7.08. The van der Waals surface area contributed by atoms with Gasteiger partial charge in [0.05, 0.1) is 6.10 Å². The van der Waals surface area contributed by atoms with E-state index >= 15 is 0 Å². The van der Waals surface area contributed by atoms with Crippen LogP contribution in [0.1, 0.15) is 40.0 Å². The topological polar surface area (TPSA) is 45.7 Å². The molecular weight excluding hydrogens is 409 g/mol. The quantitative estimate of drug-likeness (QED) is 0.404. The van der Waals surface area contributed by atoms with Crippen molar-refractivity contribution in [1.29, 1.82) is 0 Å². The second-order valence-electron chi connectivity index (χ2n) is 7.51. The van der Waals surface area contributed by atoms with Gasteiger partial charge in [0.15, 0.2) is 5.96 Å². The van der Waals surface area contributed by atoms with Crippen molar-refractivity contribution in [3.05, 3.63) is 0 Å². The van der Waals surface area contributed by atoms with E-state index in [-0.39, 0.29) is 29.4 Å². The minimum atomic E-state index is 0. The predicted octanol–water partition coefficient (Wildman–Crippen LogP) is 2.87. The maximum Gasteiger partial charge on any atom is 0.191 e. The predicted molar refractivity (Wildman–Crippen MR) is 105 cm³/mol. The van der Waals surface area contributed by atoms with E-state index in [1.807, 2.05) is 7.05 Å². The number of guanidine groups is 1. The number of fused-ring (bicyclic) bond motifs is 1. The zero-order chi connectivity index (χ0) is 15.1. The fourth-order valence-electron chi connectivity index (χ4n) is 4.21. The molecule has 2 aliphatic heterocycles. The van der Waals surface area contributed by atoms with Crippen LogP contribution in [0.2, 0.25) is 0 Å². The van der Waals surface area contributed by atoms with Crippen LogP contribution in [0.15, 0.2) is 4.99 Å². The van der Waals surface area contributed by atoms with Gasteiger partial charge in [-0.1, -0.05) is 13.8 Å². The molecule has 2 saturated heterocycles. The highest BCUT2D eigenvalue weighted by molar-refractivity contribution is 14.0. The molecule has 0 aromatic carbocycles. The summed E-state index contributed by atoms with van der Waals surface area (Å²) in [6.07, 6.45) is 4.24. The largest absolute Gasteiger partial charge is 0.377 e. The van der Waals surface area contributed by atoms with E-state index in [2.05, 4.69) is 48.2 Å². The van der Waals surface area contributed by atoms with E-state index < -0.39 is 0 Å². The van der Waals surface area contributed by atoms with Gasteiger partial charge < -0.3 is 15.4 Å². The SMILES string of the molecule is CN=C(NCC1(C)CCCS1)NC1C2CCOC2C1(C)C.I. The summed E-state index contributed by atoms with van der Waals surface area (Å²) < 4.78 is 6.23. The summed E-state index contributed by atoms with van der Waals surface area (Å²) in [5.41, 5.74) is 0.199. The van der Waals surface area contributed by atoms with Crippen LogP contribution in [0.3, 0.4) is 0 Å². The summed E-state index contributed by atoms with van der Waals surface area (Å²) in [6, 6.07) is 0.472. The molecule has 0 amide bonds. The van der Waals surface area contributed by atoms with Crippen LogP contribution < -0.4 is 10.6 Å². The molecule has 6 heteroatoms. The summed E-state index contributed by atoms with van der Waals surface area (Å²) in [7, 11) is 1.87. The minimum Gasteiger partial charge on any atom is -0.377 e. The second kappa shape index (κ2) is 7.05. The summed E-state index contributed by atoms with van der Waals surface area (Å²) in [6.45, 7) is 8.88. The summed E-state index contributed by atoms with van der Waals surface area (Å²) in [5, 5.41) is 7.20. The molecule has 128 valence electrons. The van der Waals surface area contributed by atoms with Crippen molar-refractivity contribution < 1.29 is 4.74 Å². The molecule has 2 heterocycles. The lowest BCUT2D eigenvalue weighted by molar-refractivity contribution is -0.106. The molecule has 1 aliphatic carbocycles. The van der Waals surface area contributed by atoms with Crippen molar-refractivity contribution in [2.24, 2.45) is 16.3 Å². The van der Waals surface area contributed by atoms with Gasteiger partial charge in [0.1, 0.15) is 0 Å². The van der Waals surface area contributed by atoms with Crippen LogP contribution >= 0.6 is 35.7 Å². The highest BCUT2D eigenvalue weighted by atomic mass is 127. The molecule has 0 spiro atoms. The monoisotopic (exact) mass is 439 g/mol. The Kier molecular flexibility index (Phi) is 5.98. The average Bonchev–Trinajstić information content (AvgIpc) is 3.07. The summed E-state index contributed by atoms with van der Waals surface area (Å²) in [4.78, 5) is 4.43. The molecule has 4 atom stereocenters. The van der Waals surface area contributed by atoms with Crippen LogP contribution in [0.5, 0.6) is 0 Å². The number of halogens is 1. The fourth-order valence-corrected chi connectivity index (χ4v) is 5.45. The van der Waals surface area contributed by atoms with E-state index in [0.29, 0.717) is 22.8 Å². The van der Waals surface area contributed by atoms with Gasteiger partial charge in [-0.15, -0.1) is 24.0 Å². The summed E-state index contributed by atoms with van der Waals surface area (Å²) in [5.74, 6) is 2.89. The van der Waals surface area contributed by atoms with Crippen LogP contribution in [0.4, 0.5) is 0 Å². The lowest BCUT2D eigenvalue weighted by atomic mass is 9.57. The molecule has 0 aromatic heterocycles. The number of rotatable bonds is 3. The number of thioether (sulfide) groups is 1. The van der Waals surface area contributed by atoms with Gasteiger partial charge in [0.2, 0.25) is 0 Å². The lowest BCUT2D eigenvalue weighted by Gasteiger charge is -2.55. The fraction of sp³-hybridized carbons (Fsp3) is 0.938. The molecule has 3 rings (SSSR count). The molecule has 0 aromatic rings. The first-order valence-electron chi connectivity index (χ1n) is 8.19. The Morgan fingerprint density at radius 1 is 1.36 bits per heavy atom. The van der Waals surface area contributed by atoms with E-state index in [0.717, 1.165) is 19.1 Å². The molecule has 22 heavy (non-hydrogen) atoms. The van der Waals surface area contributed by atoms with Crippen LogP contribution in [0.25, 0.3) is 0 Å². The van der Waals surface area contributed by atoms with Gasteiger partial charge in [-0.05, 0) is 31.9 Å². The van der Waals surface area contributed by atoms with Gasteiger partial charge in [0.25, 0.3) is 0 Å². The molecule has 0 radical (unpaired) electrons. The van der Waals surface area contributed by atoms with Crippen molar-refractivity contribution in [3.8, 4) is 0 Å². The smallest absolute Gasteiger partial charge is 0.191 e. The van der Waals surface area contributed by atoms with Gasteiger partial charge in [-0.2, -0.15) is 11.8 Å². The number of hydrogen-bond acceptors (Lipinski definition) is 3. The zero-order valence-electron chi connectivity index (χ0n) is 14.1. The first-order valence-corrected chi connectivity index (χ1v) is 9.18. The van der Waals surface area contributed by atoms with Gasteiger partial charge >= 0.3 is 0 Å². The molecule has 3 fully saturated rings. The third kappa shape index (κ3) is 3.38. The van der Waals surface area contributed by atoms with Crippen LogP contribution in [-0.4, -0.2) is 48.8 Å². The Balaban J connectivity index is 0.00000176. The number of nitrogens with zero attached hydrogens (tertiary/aromatic N) is 1.